The highest BCUT2D eigenvalue weighted by atomic mass is 32.2. The summed E-state index contributed by atoms with van der Waals surface area (Å²) >= 11 is 1.66. The van der Waals surface area contributed by atoms with Gasteiger partial charge in [-0.05, 0) is 31.7 Å². The Morgan fingerprint density at radius 2 is 2.18 bits per heavy atom. The highest BCUT2D eigenvalue weighted by Gasteiger charge is 2.14. The Labute approximate surface area is 107 Å². The fourth-order valence-electron chi connectivity index (χ4n) is 1.38. The van der Waals surface area contributed by atoms with E-state index in [0.29, 0.717) is 6.61 Å². The maximum atomic E-state index is 11.6. The van der Waals surface area contributed by atoms with Gasteiger partial charge in [0.25, 0.3) is 0 Å². The van der Waals surface area contributed by atoms with Gasteiger partial charge in [0.05, 0.1) is 0 Å². The number of esters is 1. The van der Waals surface area contributed by atoms with Crippen LogP contribution >= 0.6 is 11.8 Å². The molecule has 1 aromatic rings. The minimum Gasteiger partial charge on any atom is -0.463 e. The molecule has 0 saturated heterocycles. The largest absolute Gasteiger partial charge is 0.463 e. The zero-order valence-corrected chi connectivity index (χ0v) is 11.3. The Bertz CT molecular complexity index is 368. The van der Waals surface area contributed by atoms with Gasteiger partial charge in [-0.15, -0.1) is 0 Å². The first-order chi connectivity index (χ1) is 8.15. The van der Waals surface area contributed by atoms with E-state index in [0.717, 1.165) is 17.0 Å². The number of ether oxygens (including phenoxy) is 1. The second-order valence-corrected chi connectivity index (χ2v) is 4.83. The molecule has 4 heteroatoms. The van der Waals surface area contributed by atoms with Gasteiger partial charge in [-0.2, -0.15) is 11.8 Å². The summed E-state index contributed by atoms with van der Waals surface area (Å²) in [5.41, 5.74) is 2.10. The summed E-state index contributed by atoms with van der Waals surface area (Å²) in [7, 11) is 0. The lowest BCUT2D eigenvalue weighted by Gasteiger charge is -2.15. The summed E-state index contributed by atoms with van der Waals surface area (Å²) < 4.78 is 5.13. The van der Waals surface area contributed by atoms with Crippen molar-refractivity contribution >= 4 is 23.4 Å². The first-order valence-electron chi connectivity index (χ1n) is 5.63. The summed E-state index contributed by atoms with van der Waals surface area (Å²) in [5, 5.41) is 3.16. The van der Waals surface area contributed by atoms with Crippen LogP contribution < -0.4 is 5.32 Å². The van der Waals surface area contributed by atoms with Crippen LogP contribution in [0.5, 0.6) is 0 Å². The zero-order chi connectivity index (χ0) is 12.7. The number of thioether (sulfide) groups is 1. The third-order valence-electron chi connectivity index (χ3n) is 2.40. The lowest BCUT2D eigenvalue weighted by atomic mass is 10.2. The van der Waals surface area contributed by atoms with E-state index in [9.17, 15) is 4.79 Å². The summed E-state index contributed by atoms with van der Waals surface area (Å²) in [6.45, 7) is 4.29. The monoisotopic (exact) mass is 253 g/mol. The molecular formula is C13H19NO2S. The van der Waals surface area contributed by atoms with Crippen LogP contribution in [0.4, 0.5) is 5.69 Å². The van der Waals surface area contributed by atoms with E-state index >= 15 is 0 Å². The third-order valence-corrected chi connectivity index (χ3v) is 2.98. The molecular weight excluding hydrogens is 234 g/mol. The molecule has 0 radical (unpaired) electrons. The maximum absolute atomic E-state index is 11.6. The molecule has 0 aliphatic carbocycles. The van der Waals surface area contributed by atoms with E-state index in [-0.39, 0.29) is 12.0 Å². The zero-order valence-electron chi connectivity index (χ0n) is 10.5. The molecule has 94 valence electrons. The normalized spacial score (nSPS) is 11.9. The van der Waals surface area contributed by atoms with Crippen molar-refractivity contribution in [1.29, 1.82) is 0 Å². The number of nitrogens with one attached hydrogen (secondary N) is 1. The number of benzene rings is 1. The topological polar surface area (TPSA) is 38.3 Å². The van der Waals surface area contributed by atoms with Crippen molar-refractivity contribution in [1.82, 2.24) is 0 Å². The molecule has 1 atom stereocenters. The summed E-state index contributed by atoms with van der Waals surface area (Å²) in [6, 6.07) is 7.57. The quantitative estimate of drug-likeness (QED) is 0.625. The van der Waals surface area contributed by atoms with Gasteiger partial charge < -0.3 is 10.1 Å². The van der Waals surface area contributed by atoms with Crippen LogP contribution in [0.3, 0.4) is 0 Å². The van der Waals surface area contributed by atoms with Crippen molar-refractivity contribution in [3.8, 4) is 0 Å². The van der Waals surface area contributed by atoms with E-state index in [1.165, 1.54) is 0 Å². The predicted molar refractivity (Wildman–Crippen MR) is 73.6 cm³/mol. The first-order valence-corrected chi connectivity index (χ1v) is 7.02. The molecule has 0 aromatic heterocycles. The van der Waals surface area contributed by atoms with Gasteiger partial charge in [-0.1, -0.05) is 18.2 Å². The SMILES string of the molecule is CSCCOC(=O)[C@H](C)Nc1ccccc1C. The second-order valence-electron chi connectivity index (χ2n) is 3.84. The van der Waals surface area contributed by atoms with Gasteiger partial charge in [0.15, 0.2) is 0 Å². The van der Waals surface area contributed by atoms with Crippen molar-refractivity contribution in [3.63, 3.8) is 0 Å². The fourth-order valence-corrected chi connectivity index (χ4v) is 1.63. The molecule has 0 unspecified atom stereocenters. The van der Waals surface area contributed by atoms with E-state index in [1.807, 2.05) is 44.4 Å². The Balaban J connectivity index is 2.46. The van der Waals surface area contributed by atoms with E-state index < -0.39 is 0 Å². The number of para-hydroxylation sites is 1. The Morgan fingerprint density at radius 1 is 1.47 bits per heavy atom. The van der Waals surface area contributed by atoms with Crippen molar-refractivity contribution < 1.29 is 9.53 Å². The highest BCUT2D eigenvalue weighted by molar-refractivity contribution is 7.98. The highest BCUT2D eigenvalue weighted by Crippen LogP contribution is 2.14. The smallest absolute Gasteiger partial charge is 0.328 e. The van der Waals surface area contributed by atoms with Crippen LogP contribution in [-0.2, 0) is 9.53 Å². The molecule has 1 N–H and O–H groups in total. The van der Waals surface area contributed by atoms with Crippen molar-refractivity contribution in [2.75, 3.05) is 23.9 Å². The van der Waals surface area contributed by atoms with Crippen molar-refractivity contribution in [2.45, 2.75) is 19.9 Å². The maximum Gasteiger partial charge on any atom is 0.328 e. The average molecular weight is 253 g/mol. The summed E-state index contributed by atoms with van der Waals surface area (Å²) in [5.74, 6) is 0.630. The standard InChI is InChI=1S/C13H19NO2S/c1-10-6-4-5-7-12(10)14-11(2)13(15)16-8-9-17-3/h4-7,11,14H,8-9H2,1-3H3/t11-/m0/s1. The number of carbonyl (C=O) groups excluding carboxylic acids is 1. The summed E-state index contributed by atoms with van der Waals surface area (Å²) in [6.07, 6.45) is 1.99. The third kappa shape index (κ3) is 4.69. The Kier molecular flexibility index (Phi) is 5.91. The van der Waals surface area contributed by atoms with Gasteiger partial charge in [0.2, 0.25) is 0 Å². The number of anilines is 1. The molecule has 0 fully saturated rings. The van der Waals surface area contributed by atoms with E-state index in [4.69, 9.17) is 4.74 Å². The van der Waals surface area contributed by atoms with Gasteiger partial charge in [-0.25, -0.2) is 4.79 Å². The molecule has 0 aliphatic rings. The molecule has 0 aliphatic heterocycles. The minimum absolute atomic E-state index is 0.206. The number of hydrogen-bond donors (Lipinski definition) is 1. The molecule has 0 saturated carbocycles. The van der Waals surface area contributed by atoms with E-state index in [1.54, 1.807) is 11.8 Å². The molecule has 1 aromatic carbocycles. The van der Waals surface area contributed by atoms with Crippen molar-refractivity contribution in [3.05, 3.63) is 29.8 Å². The number of carbonyl (C=O) groups is 1. The average Bonchev–Trinajstić information content (AvgIpc) is 2.32. The molecule has 0 bridgehead atoms. The molecule has 17 heavy (non-hydrogen) atoms. The molecule has 0 heterocycles. The number of aryl methyl sites for hydroxylation is 1. The Morgan fingerprint density at radius 3 is 2.82 bits per heavy atom. The Hall–Kier alpha value is -1.16. The van der Waals surface area contributed by atoms with Gasteiger partial charge in [0.1, 0.15) is 12.6 Å². The molecule has 0 amide bonds. The van der Waals surface area contributed by atoms with E-state index in [2.05, 4.69) is 5.32 Å². The van der Waals surface area contributed by atoms with Crippen molar-refractivity contribution in [2.24, 2.45) is 0 Å². The van der Waals surface area contributed by atoms with Crippen LogP contribution in [-0.4, -0.2) is 30.6 Å². The fraction of sp³-hybridized carbons (Fsp3) is 0.462. The van der Waals surface area contributed by atoms with Crippen LogP contribution in [0.15, 0.2) is 24.3 Å². The number of rotatable bonds is 6. The van der Waals surface area contributed by atoms with Crippen LogP contribution in [0.2, 0.25) is 0 Å². The molecule has 3 nitrogen and oxygen atoms in total. The second kappa shape index (κ2) is 7.22. The molecule has 0 spiro atoms. The molecule has 1 rings (SSSR count). The predicted octanol–water partition coefficient (Wildman–Crippen LogP) is 2.70. The van der Waals surface area contributed by atoms with Crippen LogP contribution in [0.1, 0.15) is 12.5 Å². The lowest BCUT2D eigenvalue weighted by molar-refractivity contribution is -0.143. The van der Waals surface area contributed by atoms with Gasteiger partial charge >= 0.3 is 5.97 Å². The number of hydrogen-bond acceptors (Lipinski definition) is 4. The van der Waals surface area contributed by atoms with Crippen LogP contribution in [0, 0.1) is 6.92 Å². The van der Waals surface area contributed by atoms with Crippen LogP contribution in [0.25, 0.3) is 0 Å². The minimum atomic E-state index is -0.321. The lowest BCUT2D eigenvalue weighted by Crippen LogP contribution is -2.29. The van der Waals surface area contributed by atoms with Gasteiger partial charge in [0, 0.05) is 11.4 Å². The first kappa shape index (κ1) is 13.9. The summed E-state index contributed by atoms with van der Waals surface area (Å²) in [4.78, 5) is 11.6. The van der Waals surface area contributed by atoms with Gasteiger partial charge in [-0.3, -0.25) is 0 Å².